The predicted octanol–water partition coefficient (Wildman–Crippen LogP) is 3.76. The third-order valence-corrected chi connectivity index (χ3v) is 4.38. The van der Waals surface area contributed by atoms with Crippen molar-refractivity contribution in [2.24, 2.45) is 0 Å². The molecule has 114 valence electrons. The Kier molecular flexibility index (Phi) is 4.23. The molecule has 0 saturated heterocycles. The number of benzene rings is 1. The maximum atomic E-state index is 12.3. The van der Waals surface area contributed by atoms with Crippen LogP contribution in [0.4, 0.5) is 0 Å². The van der Waals surface area contributed by atoms with Crippen LogP contribution in [0.5, 0.6) is 0 Å². The second-order valence-corrected chi connectivity index (χ2v) is 6.12. The molecule has 3 nitrogen and oxygen atoms in total. The molecule has 22 heavy (non-hydrogen) atoms. The summed E-state index contributed by atoms with van der Waals surface area (Å²) < 4.78 is 0. The predicted molar refractivity (Wildman–Crippen MR) is 87.9 cm³/mol. The van der Waals surface area contributed by atoms with E-state index in [9.17, 15) is 4.79 Å². The van der Waals surface area contributed by atoms with Crippen molar-refractivity contribution in [1.29, 1.82) is 0 Å². The van der Waals surface area contributed by atoms with Gasteiger partial charge in [0.1, 0.15) is 0 Å². The molecule has 1 heterocycles. The van der Waals surface area contributed by atoms with Crippen molar-refractivity contribution in [3.05, 3.63) is 64.5 Å². The van der Waals surface area contributed by atoms with Gasteiger partial charge in [0.25, 0.3) is 5.91 Å². The number of nitrogens with one attached hydrogen (secondary N) is 1. The molecule has 0 fully saturated rings. The van der Waals surface area contributed by atoms with E-state index in [2.05, 4.69) is 28.5 Å². The normalized spacial score (nSPS) is 15.0. The van der Waals surface area contributed by atoms with Gasteiger partial charge in [0.05, 0.1) is 6.04 Å². The fraction of sp³-hybridized carbons (Fsp3) is 0.368. The molecule has 1 unspecified atom stereocenters. The summed E-state index contributed by atoms with van der Waals surface area (Å²) in [6.07, 6.45) is 6.58. The second kappa shape index (κ2) is 6.30. The summed E-state index contributed by atoms with van der Waals surface area (Å²) in [6, 6.07) is 10.2. The highest BCUT2D eigenvalue weighted by atomic mass is 16.1. The Morgan fingerprint density at radius 2 is 1.91 bits per heavy atom. The van der Waals surface area contributed by atoms with E-state index in [0.717, 1.165) is 12.1 Å². The summed E-state index contributed by atoms with van der Waals surface area (Å²) in [5, 5.41) is 3.08. The first-order valence-corrected chi connectivity index (χ1v) is 7.99. The molecule has 2 aromatic rings. The van der Waals surface area contributed by atoms with E-state index in [1.807, 2.05) is 19.9 Å². The van der Waals surface area contributed by atoms with Crippen molar-refractivity contribution < 1.29 is 4.79 Å². The number of amides is 1. The first-order chi connectivity index (χ1) is 10.6. The maximum absolute atomic E-state index is 12.3. The van der Waals surface area contributed by atoms with Crippen molar-refractivity contribution in [3.63, 3.8) is 0 Å². The molecular weight excluding hydrogens is 272 g/mol. The van der Waals surface area contributed by atoms with Gasteiger partial charge in [-0.2, -0.15) is 0 Å². The molecule has 1 amide bonds. The quantitative estimate of drug-likeness (QED) is 0.936. The zero-order valence-electron chi connectivity index (χ0n) is 13.2. The van der Waals surface area contributed by atoms with Gasteiger partial charge in [0, 0.05) is 17.5 Å². The highest BCUT2D eigenvalue weighted by molar-refractivity contribution is 5.94. The minimum absolute atomic E-state index is 0.00759. The summed E-state index contributed by atoms with van der Waals surface area (Å²) in [5.41, 5.74) is 5.62. The van der Waals surface area contributed by atoms with Crippen LogP contribution < -0.4 is 5.32 Å². The Morgan fingerprint density at radius 3 is 2.68 bits per heavy atom. The molecule has 0 spiro atoms. The maximum Gasteiger partial charge on any atom is 0.251 e. The van der Waals surface area contributed by atoms with Gasteiger partial charge >= 0.3 is 0 Å². The van der Waals surface area contributed by atoms with E-state index < -0.39 is 0 Å². The SMILES string of the molecule is Cc1cc(C(=O)NC(C)c2ccc3c(c2)CCCC3)ccn1. The molecule has 1 atom stereocenters. The highest BCUT2D eigenvalue weighted by Gasteiger charge is 2.15. The lowest BCUT2D eigenvalue weighted by atomic mass is 9.89. The standard InChI is InChI=1S/C19H22N2O/c1-13-11-18(9-10-20-13)19(22)21-14(2)16-8-7-15-5-3-4-6-17(15)12-16/h7-12,14H,3-6H2,1-2H3,(H,21,22). The fourth-order valence-corrected chi connectivity index (χ4v) is 3.07. The minimum atomic E-state index is -0.0456. The second-order valence-electron chi connectivity index (χ2n) is 6.12. The van der Waals surface area contributed by atoms with E-state index in [1.165, 1.54) is 36.0 Å². The largest absolute Gasteiger partial charge is 0.346 e. The van der Waals surface area contributed by atoms with Crippen molar-refractivity contribution in [2.75, 3.05) is 0 Å². The molecule has 1 aromatic heterocycles. The molecule has 0 bridgehead atoms. The van der Waals surface area contributed by atoms with E-state index >= 15 is 0 Å². The molecule has 1 N–H and O–H groups in total. The lowest BCUT2D eigenvalue weighted by molar-refractivity contribution is 0.0939. The third-order valence-electron chi connectivity index (χ3n) is 4.38. The van der Waals surface area contributed by atoms with Crippen LogP contribution in [0.15, 0.2) is 36.5 Å². The number of carbonyl (C=O) groups excluding carboxylic acids is 1. The van der Waals surface area contributed by atoms with Gasteiger partial charge in [-0.1, -0.05) is 18.2 Å². The molecule has 3 heteroatoms. The van der Waals surface area contributed by atoms with Gasteiger partial charge in [0.2, 0.25) is 0 Å². The average Bonchev–Trinajstić information content (AvgIpc) is 2.54. The Morgan fingerprint density at radius 1 is 1.14 bits per heavy atom. The average molecular weight is 294 g/mol. The summed E-state index contributed by atoms with van der Waals surface area (Å²) in [4.78, 5) is 16.5. The van der Waals surface area contributed by atoms with Crippen LogP contribution in [0.2, 0.25) is 0 Å². The van der Waals surface area contributed by atoms with Crippen LogP contribution in [-0.2, 0) is 12.8 Å². The van der Waals surface area contributed by atoms with Crippen molar-refractivity contribution in [1.82, 2.24) is 10.3 Å². The van der Waals surface area contributed by atoms with Crippen LogP contribution in [0.3, 0.4) is 0 Å². The van der Waals surface area contributed by atoms with Gasteiger partial charge < -0.3 is 5.32 Å². The van der Waals surface area contributed by atoms with E-state index in [0.29, 0.717) is 5.56 Å². The third kappa shape index (κ3) is 3.19. The number of hydrogen-bond donors (Lipinski definition) is 1. The highest BCUT2D eigenvalue weighted by Crippen LogP contribution is 2.24. The zero-order valence-corrected chi connectivity index (χ0v) is 13.2. The lowest BCUT2D eigenvalue weighted by Crippen LogP contribution is -2.27. The summed E-state index contributed by atoms with van der Waals surface area (Å²) in [5.74, 6) is -0.0456. The number of carbonyl (C=O) groups is 1. The fourth-order valence-electron chi connectivity index (χ4n) is 3.07. The molecule has 0 radical (unpaired) electrons. The van der Waals surface area contributed by atoms with Crippen LogP contribution in [0.25, 0.3) is 0 Å². The number of rotatable bonds is 3. The Hall–Kier alpha value is -2.16. The molecule has 0 aliphatic heterocycles. The summed E-state index contributed by atoms with van der Waals surface area (Å²) in [6.45, 7) is 3.93. The minimum Gasteiger partial charge on any atom is -0.346 e. The van der Waals surface area contributed by atoms with E-state index in [1.54, 1.807) is 12.3 Å². The van der Waals surface area contributed by atoms with Crippen LogP contribution in [-0.4, -0.2) is 10.9 Å². The van der Waals surface area contributed by atoms with Crippen LogP contribution >= 0.6 is 0 Å². The van der Waals surface area contributed by atoms with Crippen molar-refractivity contribution in [2.45, 2.75) is 45.6 Å². The van der Waals surface area contributed by atoms with E-state index in [-0.39, 0.29) is 11.9 Å². The van der Waals surface area contributed by atoms with Gasteiger partial charge in [0.15, 0.2) is 0 Å². The van der Waals surface area contributed by atoms with Crippen LogP contribution in [0, 0.1) is 6.92 Å². The molecule has 0 saturated carbocycles. The summed E-state index contributed by atoms with van der Waals surface area (Å²) >= 11 is 0. The zero-order chi connectivity index (χ0) is 15.5. The smallest absolute Gasteiger partial charge is 0.251 e. The number of aryl methyl sites for hydroxylation is 3. The first kappa shape index (κ1) is 14.8. The number of fused-ring (bicyclic) bond motifs is 1. The van der Waals surface area contributed by atoms with Gasteiger partial charge in [-0.25, -0.2) is 0 Å². The number of aromatic nitrogens is 1. The molecular formula is C19H22N2O. The number of hydrogen-bond acceptors (Lipinski definition) is 2. The van der Waals surface area contributed by atoms with Crippen molar-refractivity contribution in [3.8, 4) is 0 Å². The molecule has 1 aliphatic carbocycles. The van der Waals surface area contributed by atoms with Gasteiger partial charge in [-0.15, -0.1) is 0 Å². The summed E-state index contributed by atoms with van der Waals surface area (Å²) in [7, 11) is 0. The first-order valence-electron chi connectivity index (χ1n) is 7.99. The Labute approximate surface area is 131 Å². The van der Waals surface area contributed by atoms with Crippen molar-refractivity contribution >= 4 is 5.91 Å². The monoisotopic (exact) mass is 294 g/mol. The van der Waals surface area contributed by atoms with Gasteiger partial charge in [-0.3, -0.25) is 9.78 Å². The topological polar surface area (TPSA) is 42.0 Å². The lowest BCUT2D eigenvalue weighted by Gasteiger charge is -2.20. The van der Waals surface area contributed by atoms with Gasteiger partial charge in [-0.05, 0) is 68.4 Å². The molecule has 1 aromatic carbocycles. The number of pyridine rings is 1. The Bertz CT molecular complexity index is 694. The molecule has 1 aliphatic rings. The van der Waals surface area contributed by atoms with E-state index in [4.69, 9.17) is 0 Å². The molecule has 3 rings (SSSR count). The Balaban J connectivity index is 1.74. The number of nitrogens with zero attached hydrogens (tertiary/aromatic N) is 1. The van der Waals surface area contributed by atoms with Crippen LogP contribution in [0.1, 0.15) is 58.5 Å².